The van der Waals surface area contributed by atoms with Gasteiger partial charge in [0.2, 0.25) is 19.0 Å². The summed E-state index contributed by atoms with van der Waals surface area (Å²) in [6.45, 7) is 0. The molecule has 0 radical (unpaired) electrons. The van der Waals surface area contributed by atoms with Gasteiger partial charge in [-0.25, -0.2) is 4.79 Å². The SMILES string of the molecule is O=CNC(NC=O)C(=O)O. The zero-order valence-electron chi connectivity index (χ0n) is 4.90. The van der Waals surface area contributed by atoms with Crippen LogP contribution in [0.15, 0.2) is 0 Å². The second kappa shape index (κ2) is 4.30. The van der Waals surface area contributed by atoms with Gasteiger partial charge in [0.05, 0.1) is 0 Å². The van der Waals surface area contributed by atoms with Crippen molar-refractivity contribution in [2.45, 2.75) is 6.17 Å². The lowest BCUT2D eigenvalue weighted by Gasteiger charge is -2.07. The van der Waals surface area contributed by atoms with Crippen molar-refractivity contribution in [2.24, 2.45) is 0 Å². The second-order valence-electron chi connectivity index (χ2n) is 1.34. The quantitative estimate of drug-likeness (QED) is 0.305. The minimum absolute atomic E-state index is 0.190. The summed E-state index contributed by atoms with van der Waals surface area (Å²) in [7, 11) is 0. The van der Waals surface area contributed by atoms with Crippen LogP contribution in [0, 0.1) is 0 Å². The van der Waals surface area contributed by atoms with E-state index in [9.17, 15) is 14.4 Å². The number of carboxylic acids is 1. The Labute approximate surface area is 56.2 Å². The van der Waals surface area contributed by atoms with Crippen LogP contribution < -0.4 is 10.6 Å². The third-order valence-electron chi connectivity index (χ3n) is 0.716. The van der Waals surface area contributed by atoms with Crippen molar-refractivity contribution in [3.8, 4) is 0 Å². The molecule has 0 saturated heterocycles. The van der Waals surface area contributed by atoms with Crippen molar-refractivity contribution in [1.82, 2.24) is 10.6 Å². The van der Waals surface area contributed by atoms with Crippen molar-refractivity contribution in [1.29, 1.82) is 0 Å². The lowest BCUT2D eigenvalue weighted by Crippen LogP contribution is -2.47. The zero-order chi connectivity index (χ0) is 7.98. The van der Waals surface area contributed by atoms with Crippen LogP contribution in [0.25, 0.3) is 0 Å². The van der Waals surface area contributed by atoms with Crippen molar-refractivity contribution in [2.75, 3.05) is 0 Å². The normalized spacial score (nSPS) is 8.50. The van der Waals surface area contributed by atoms with Crippen molar-refractivity contribution in [3.05, 3.63) is 0 Å². The molecule has 0 atom stereocenters. The number of rotatable bonds is 5. The summed E-state index contributed by atoms with van der Waals surface area (Å²) in [5.41, 5.74) is 0. The first kappa shape index (κ1) is 8.41. The summed E-state index contributed by atoms with van der Waals surface area (Å²) >= 11 is 0. The van der Waals surface area contributed by atoms with Gasteiger partial charge in [0.15, 0.2) is 0 Å². The van der Waals surface area contributed by atoms with Crippen LogP contribution in [-0.2, 0) is 14.4 Å². The highest BCUT2D eigenvalue weighted by atomic mass is 16.4. The predicted octanol–water partition coefficient (Wildman–Crippen LogP) is -2.11. The van der Waals surface area contributed by atoms with E-state index in [-0.39, 0.29) is 12.8 Å². The van der Waals surface area contributed by atoms with E-state index in [1.807, 2.05) is 10.6 Å². The average Bonchev–Trinajstić information content (AvgIpc) is 1.87. The van der Waals surface area contributed by atoms with Crippen LogP contribution in [0.3, 0.4) is 0 Å². The molecule has 6 nitrogen and oxygen atoms in total. The van der Waals surface area contributed by atoms with Gasteiger partial charge in [0.25, 0.3) is 0 Å². The van der Waals surface area contributed by atoms with E-state index in [0.717, 1.165) is 0 Å². The van der Waals surface area contributed by atoms with Crippen molar-refractivity contribution in [3.63, 3.8) is 0 Å². The summed E-state index contributed by atoms with van der Waals surface area (Å²) in [5.74, 6) is -1.32. The van der Waals surface area contributed by atoms with Crippen LogP contribution in [0.1, 0.15) is 0 Å². The maximum Gasteiger partial charge on any atom is 0.347 e. The van der Waals surface area contributed by atoms with Gasteiger partial charge in [-0.05, 0) is 0 Å². The van der Waals surface area contributed by atoms with Gasteiger partial charge in [-0.2, -0.15) is 0 Å². The molecule has 0 bridgehead atoms. The number of carbonyl (C=O) groups excluding carboxylic acids is 2. The van der Waals surface area contributed by atoms with Gasteiger partial charge in [-0.3, -0.25) is 9.59 Å². The number of carbonyl (C=O) groups is 3. The molecule has 0 heterocycles. The zero-order valence-corrected chi connectivity index (χ0v) is 4.90. The molecule has 10 heavy (non-hydrogen) atoms. The van der Waals surface area contributed by atoms with Crippen LogP contribution >= 0.6 is 0 Å². The largest absolute Gasteiger partial charge is 0.478 e. The molecule has 0 aliphatic carbocycles. The minimum atomic E-state index is -1.34. The van der Waals surface area contributed by atoms with Crippen LogP contribution in [0.5, 0.6) is 0 Å². The molecular formula is C4H6N2O4. The molecule has 0 aliphatic rings. The molecular weight excluding hydrogens is 140 g/mol. The summed E-state index contributed by atoms with van der Waals surface area (Å²) in [4.78, 5) is 29.4. The van der Waals surface area contributed by atoms with Gasteiger partial charge in [-0.15, -0.1) is 0 Å². The molecule has 0 aromatic heterocycles. The molecule has 0 unspecified atom stereocenters. The smallest absolute Gasteiger partial charge is 0.347 e. The van der Waals surface area contributed by atoms with Crippen molar-refractivity contribution >= 4 is 18.8 Å². The van der Waals surface area contributed by atoms with E-state index in [4.69, 9.17) is 5.11 Å². The second-order valence-corrected chi connectivity index (χ2v) is 1.34. The van der Waals surface area contributed by atoms with Crippen LogP contribution in [0.2, 0.25) is 0 Å². The number of nitrogens with one attached hydrogen (secondary N) is 2. The Hall–Kier alpha value is -1.59. The lowest BCUT2D eigenvalue weighted by molar-refractivity contribution is -0.142. The first-order chi connectivity index (χ1) is 4.72. The monoisotopic (exact) mass is 146 g/mol. The Bertz CT molecular complexity index is 136. The Kier molecular flexibility index (Phi) is 3.62. The molecule has 0 aliphatic heterocycles. The van der Waals surface area contributed by atoms with E-state index in [1.54, 1.807) is 0 Å². The van der Waals surface area contributed by atoms with Gasteiger partial charge in [0, 0.05) is 0 Å². The van der Waals surface area contributed by atoms with E-state index in [2.05, 4.69) is 0 Å². The highest BCUT2D eigenvalue weighted by Crippen LogP contribution is 1.71. The van der Waals surface area contributed by atoms with Gasteiger partial charge >= 0.3 is 5.97 Å². The molecule has 6 heteroatoms. The first-order valence-corrected chi connectivity index (χ1v) is 2.34. The van der Waals surface area contributed by atoms with E-state index in [1.165, 1.54) is 0 Å². The Morgan fingerprint density at radius 2 is 1.70 bits per heavy atom. The summed E-state index contributed by atoms with van der Waals surface area (Å²) in [6, 6.07) is 0. The highest BCUT2D eigenvalue weighted by Gasteiger charge is 2.13. The van der Waals surface area contributed by atoms with Crippen molar-refractivity contribution < 1.29 is 19.5 Å². The maximum atomic E-state index is 10.0. The molecule has 0 aromatic rings. The molecule has 2 amide bonds. The fourth-order valence-electron chi connectivity index (χ4n) is 0.327. The maximum absolute atomic E-state index is 10.0. The predicted molar refractivity (Wildman–Crippen MR) is 29.8 cm³/mol. The third kappa shape index (κ3) is 2.65. The Morgan fingerprint density at radius 3 is 1.90 bits per heavy atom. The molecule has 0 aromatic carbocycles. The topological polar surface area (TPSA) is 95.5 Å². The third-order valence-corrected chi connectivity index (χ3v) is 0.716. The van der Waals surface area contributed by atoms with E-state index < -0.39 is 12.1 Å². The van der Waals surface area contributed by atoms with Crippen LogP contribution in [-0.4, -0.2) is 30.1 Å². The number of hydrogen-bond donors (Lipinski definition) is 3. The fourth-order valence-corrected chi connectivity index (χ4v) is 0.327. The fraction of sp³-hybridized carbons (Fsp3) is 0.250. The molecule has 0 saturated carbocycles. The molecule has 56 valence electrons. The summed E-state index contributed by atoms with van der Waals surface area (Å²) in [6.07, 6.45) is -0.958. The summed E-state index contributed by atoms with van der Waals surface area (Å²) in [5, 5.41) is 11.9. The first-order valence-electron chi connectivity index (χ1n) is 2.34. The van der Waals surface area contributed by atoms with Gasteiger partial charge in [-0.1, -0.05) is 0 Å². The number of aliphatic carboxylic acids is 1. The standard InChI is InChI=1S/C4H6N2O4/c7-1-5-3(4(9)10)6-2-8/h1-3H,(H,5,7)(H,6,8)(H,9,10). The van der Waals surface area contributed by atoms with E-state index >= 15 is 0 Å². The lowest BCUT2D eigenvalue weighted by atomic mass is 10.5. The molecule has 0 fully saturated rings. The van der Waals surface area contributed by atoms with Gasteiger partial charge in [0.1, 0.15) is 0 Å². The molecule has 0 spiro atoms. The Balaban J connectivity index is 3.83. The van der Waals surface area contributed by atoms with Crippen LogP contribution in [0.4, 0.5) is 0 Å². The van der Waals surface area contributed by atoms with Gasteiger partial charge < -0.3 is 15.7 Å². The highest BCUT2D eigenvalue weighted by molar-refractivity contribution is 5.78. The number of carboxylic acid groups (broad SMARTS) is 1. The number of amides is 2. The Morgan fingerprint density at radius 1 is 1.30 bits per heavy atom. The summed E-state index contributed by atoms with van der Waals surface area (Å²) < 4.78 is 0. The average molecular weight is 146 g/mol. The molecule has 0 rings (SSSR count). The number of hydrogen-bond acceptors (Lipinski definition) is 3. The van der Waals surface area contributed by atoms with E-state index in [0.29, 0.717) is 0 Å². The molecule has 3 N–H and O–H groups in total. The minimum Gasteiger partial charge on any atom is -0.478 e.